The Morgan fingerprint density at radius 1 is 0.957 bits per heavy atom. The van der Waals surface area contributed by atoms with E-state index in [0.717, 1.165) is 9.58 Å². The lowest BCUT2D eigenvalue weighted by molar-refractivity contribution is -0.286. The second kappa shape index (κ2) is 11.8. The van der Waals surface area contributed by atoms with Crippen molar-refractivity contribution in [2.75, 3.05) is 11.9 Å². The number of hydrogen-bond donors (Lipinski definition) is 0. The van der Waals surface area contributed by atoms with Gasteiger partial charge in [0.05, 0.1) is 11.3 Å². The SMILES string of the molecule is CN(C(=O)c1cccc(-n2nc(C(F)(F)F)c(Cl)c2OCc2ccc(C(=O)OC(C)(C)C)cc2)c1)c1ccc2c(c1)OC(F)(F)O2. The van der Waals surface area contributed by atoms with Crippen molar-refractivity contribution in [3.05, 3.63) is 94.1 Å². The van der Waals surface area contributed by atoms with Gasteiger partial charge in [0, 0.05) is 24.4 Å². The number of fused-ring (bicyclic) bond motifs is 1. The van der Waals surface area contributed by atoms with Gasteiger partial charge in [-0.3, -0.25) is 4.79 Å². The first-order chi connectivity index (χ1) is 21.4. The minimum absolute atomic E-state index is 0.0113. The van der Waals surface area contributed by atoms with E-state index >= 15 is 0 Å². The minimum atomic E-state index is -4.93. The molecule has 9 nitrogen and oxygen atoms in total. The minimum Gasteiger partial charge on any atom is -0.472 e. The lowest BCUT2D eigenvalue weighted by atomic mass is 10.1. The molecule has 46 heavy (non-hydrogen) atoms. The zero-order valence-electron chi connectivity index (χ0n) is 24.6. The van der Waals surface area contributed by atoms with Crippen LogP contribution in [0, 0.1) is 0 Å². The van der Waals surface area contributed by atoms with Gasteiger partial charge in [-0.2, -0.15) is 23.0 Å². The maximum atomic E-state index is 13.8. The summed E-state index contributed by atoms with van der Waals surface area (Å²) in [4.78, 5) is 26.8. The van der Waals surface area contributed by atoms with E-state index in [0.29, 0.717) is 5.56 Å². The van der Waals surface area contributed by atoms with Gasteiger partial charge in [0.25, 0.3) is 5.91 Å². The summed E-state index contributed by atoms with van der Waals surface area (Å²) in [6.07, 6.45) is -8.78. The summed E-state index contributed by atoms with van der Waals surface area (Å²) in [5.41, 5.74) is -1.13. The van der Waals surface area contributed by atoms with Gasteiger partial charge in [-0.25, -0.2) is 4.79 Å². The van der Waals surface area contributed by atoms with Crippen LogP contribution in [-0.4, -0.2) is 40.6 Å². The van der Waals surface area contributed by atoms with E-state index in [-0.39, 0.29) is 40.6 Å². The zero-order valence-corrected chi connectivity index (χ0v) is 25.4. The topological polar surface area (TPSA) is 92.1 Å². The van der Waals surface area contributed by atoms with E-state index in [1.165, 1.54) is 61.6 Å². The number of halogens is 6. The molecule has 1 amide bonds. The number of alkyl halides is 5. The number of amides is 1. The van der Waals surface area contributed by atoms with Gasteiger partial charge < -0.3 is 23.8 Å². The van der Waals surface area contributed by atoms with Gasteiger partial charge in [0.15, 0.2) is 17.2 Å². The summed E-state index contributed by atoms with van der Waals surface area (Å²) in [6.45, 7) is 4.93. The number of rotatable bonds is 7. The van der Waals surface area contributed by atoms with Gasteiger partial charge in [0.1, 0.15) is 17.2 Å². The van der Waals surface area contributed by atoms with Crippen molar-refractivity contribution in [3.63, 3.8) is 0 Å². The lowest BCUT2D eigenvalue weighted by Gasteiger charge is -2.19. The van der Waals surface area contributed by atoms with Gasteiger partial charge >= 0.3 is 18.4 Å². The Labute approximate surface area is 264 Å². The lowest BCUT2D eigenvalue weighted by Crippen LogP contribution is -2.26. The Morgan fingerprint density at radius 3 is 2.28 bits per heavy atom. The summed E-state index contributed by atoms with van der Waals surface area (Å²) < 4.78 is 89.0. The molecule has 0 aliphatic carbocycles. The summed E-state index contributed by atoms with van der Waals surface area (Å²) >= 11 is 6.12. The number of anilines is 1. The predicted octanol–water partition coefficient (Wildman–Crippen LogP) is 7.68. The number of esters is 1. The van der Waals surface area contributed by atoms with E-state index in [2.05, 4.69) is 14.6 Å². The van der Waals surface area contributed by atoms with Crippen LogP contribution in [0.25, 0.3) is 5.69 Å². The third-order valence-corrected chi connectivity index (χ3v) is 6.78. The maximum absolute atomic E-state index is 13.8. The molecule has 3 aromatic carbocycles. The number of nitrogens with zero attached hydrogens (tertiary/aromatic N) is 3. The molecule has 0 saturated carbocycles. The third-order valence-electron chi connectivity index (χ3n) is 6.44. The third kappa shape index (κ3) is 7.01. The molecular weight excluding hydrogens is 641 g/mol. The summed E-state index contributed by atoms with van der Waals surface area (Å²) in [5.74, 6) is -2.10. The molecule has 1 aliphatic heterocycles. The monoisotopic (exact) mass is 665 g/mol. The van der Waals surface area contributed by atoms with Crippen LogP contribution in [0.3, 0.4) is 0 Å². The van der Waals surface area contributed by atoms with Crippen molar-refractivity contribution in [1.82, 2.24) is 9.78 Å². The molecule has 5 rings (SSSR count). The van der Waals surface area contributed by atoms with Crippen molar-refractivity contribution in [2.24, 2.45) is 0 Å². The van der Waals surface area contributed by atoms with Crippen LogP contribution in [0.5, 0.6) is 17.4 Å². The molecule has 2 heterocycles. The molecule has 0 bridgehead atoms. The molecule has 15 heteroatoms. The fraction of sp³-hybridized carbons (Fsp3) is 0.258. The molecule has 0 spiro atoms. The van der Waals surface area contributed by atoms with Gasteiger partial charge in [-0.15, -0.1) is 8.78 Å². The average Bonchev–Trinajstić information content (AvgIpc) is 3.48. The second-order valence-electron chi connectivity index (χ2n) is 11.1. The van der Waals surface area contributed by atoms with Crippen LogP contribution in [0.4, 0.5) is 27.6 Å². The number of hydrogen-bond acceptors (Lipinski definition) is 7. The number of ether oxygens (including phenoxy) is 4. The molecular formula is C31H25ClF5N3O6. The molecule has 242 valence electrons. The van der Waals surface area contributed by atoms with Crippen molar-refractivity contribution in [1.29, 1.82) is 0 Å². The van der Waals surface area contributed by atoms with Crippen molar-refractivity contribution in [3.8, 4) is 23.1 Å². The van der Waals surface area contributed by atoms with Gasteiger partial charge in [-0.05, 0) is 68.8 Å². The predicted molar refractivity (Wildman–Crippen MR) is 155 cm³/mol. The molecule has 1 aromatic heterocycles. The summed E-state index contributed by atoms with van der Waals surface area (Å²) in [5, 5.41) is 2.84. The number of carbonyl (C=O) groups excluding carboxylic acids is 2. The summed E-state index contributed by atoms with van der Waals surface area (Å²) in [7, 11) is 1.37. The fourth-order valence-corrected chi connectivity index (χ4v) is 4.60. The fourth-order valence-electron chi connectivity index (χ4n) is 4.32. The standard InChI is InChI=1S/C31H25ClF5N3O6/c1-29(2,3)46-28(42)18-10-8-17(9-11-18)16-43-27-24(32)25(30(33,34)35)38-40(27)21-7-5-6-19(14-21)26(41)39(4)20-12-13-22-23(15-20)45-31(36,37)44-22/h5-15H,16H2,1-4H3. The van der Waals surface area contributed by atoms with E-state index in [1.807, 2.05) is 0 Å². The van der Waals surface area contributed by atoms with Crippen molar-refractivity contribution < 1.29 is 50.5 Å². The van der Waals surface area contributed by atoms with Crippen LogP contribution in [-0.2, 0) is 17.5 Å². The van der Waals surface area contributed by atoms with E-state index in [1.54, 1.807) is 32.9 Å². The normalized spacial score (nSPS) is 13.8. The van der Waals surface area contributed by atoms with E-state index in [4.69, 9.17) is 21.1 Å². The highest BCUT2D eigenvalue weighted by Gasteiger charge is 2.44. The van der Waals surface area contributed by atoms with Crippen molar-refractivity contribution in [2.45, 2.75) is 45.5 Å². The highest BCUT2D eigenvalue weighted by atomic mass is 35.5. The van der Waals surface area contributed by atoms with Crippen LogP contribution >= 0.6 is 11.6 Å². The van der Waals surface area contributed by atoms with Crippen LogP contribution in [0.2, 0.25) is 5.02 Å². The van der Waals surface area contributed by atoms with Crippen LogP contribution in [0.15, 0.2) is 66.7 Å². The Morgan fingerprint density at radius 2 is 1.63 bits per heavy atom. The molecule has 0 atom stereocenters. The number of aromatic nitrogens is 2. The first-order valence-electron chi connectivity index (χ1n) is 13.5. The molecule has 0 radical (unpaired) electrons. The zero-order chi connectivity index (χ0) is 33.6. The smallest absolute Gasteiger partial charge is 0.472 e. The summed E-state index contributed by atoms with van der Waals surface area (Å²) in [6, 6.07) is 15.3. The van der Waals surface area contributed by atoms with E-state index in [9.17, 15) is 31.5 Å². The Kier molecular flexibility index (Phi) is 8.36. The Hall–Kier alpha value is -4.85. The molecule has 0 unspecified atom stereocenters. The first-order valence-corrected chi connectivity index (χ1v) is 13.9. The van der Waals surface area contributed by atoms with Gasteiger partial charge in [-0.1, -0.05) is 29.8 Å². The van der Waals surface area contributed by atoms with Crippen LogP contribution < -0.4 is 19.1 Å². The quantitative estimate of drug-likeness (QED) is 0.148. The van der Waals surface area contributed by atoms with Gasteiger partial charge in [0.2, 0.25) is 5.88 Å². The first kappa shape index (κ1) is 32.5. The Bertz CT molecular complexity index is 1800. The van der Waals surface area contributed by atoms with Crippen molar-refractivity contribution >= 4 is 29.2 Å². The van der Waals surface area contributed by atoms with E-state index < -0.39 is 46.5 Å². The molecule has 4 aromatic rings. The number of benzene rings is 3. The highest BCUT2D eigenvalue weighted by molar-refractivity contribution is 6.32. The molecule has 0 fully saturated rings. The maximum Gasteiger partial charge on any atom is 0.586 e. The molecule has 0 saturated heterocycles. The molecule has 1 aliphatic rings. The molecule has 0 N–H and O–H groups in total. The Balaban J connectivity index is 1.40. The van der Waals surface area contributed by atoms with Crippen LogP contribution in [0.1, 0.15) is 52.7 Å². The average molecular weight is 666 g/mol. The largest absolute Gasteiger partial charge is 0.586 e. The second-order valence-corrected chi connectivity index (χ2v) is 11.5. The number of carbonyl (C=O) groups is 2. The highest BCUT2D eigenvalue weighted by Crippen LogP contribution is 2.43.